The summed E-state index contributed by atoms with van der Waals surface area (Å²) in [6.45, 7) is 9.44. The molecule has 1 saturated heterocycles. The van der Waals surface area contributed by atoms with Gasteiger partial charge in [-0.1, -0.05) is 13.8 Å². The van der Waals surface area contributed by atoms with Crippen molar-refractivity contribution in [3.63, 3.8) is 0 Å². The lowest BCUT2D eigenvalue weighted by Gasteiger charge is -2.40. The minimum absolute atomic E-state index is 0. The number of nitrogens with one attached hydrogen (secondary N) is 2. The van der Waals surface area contributed by atoms with Gasteiger partial charge in [0, 0.05) is 32.2 Å². The molecule has 2 fully saturated rings. The lowest BCUT2D eigenvalue weighted by atomic mass is 9.88. The predicted octanol–water partition coefficient (Wildman–Crippen LogP) is 3.07. The van der Waals surface area contributed by atoms with E-state index in [0.29, 0.717) is 12.1 Å². The van der Waals surface area contributed by atoms with Gasteiger partial charge in [-0.3, -0.25) is 4.79 Å². The molecule has 2 aliphatic rings. The van der Waals surface area contributed by atoms with Crippen molar-refractivity contribution in [2.24, 2.45) is 10.9 Å². The molecule has 0 bridgehead atoms. The van der Waals surface area contributed by atoms with Crippen molar-refractivity contribution >= 4 is 35.8 Å². The zero-order valence-corrected chi connectivity index (χ0v) is 20.9. The number of rotatable bonds is 6. The molecule has 0 aromatic rings. The van der Waals surface area contributed by atoms with Crippen LogP contribution < -0.4 is 10.6 Å². The van der Waals surface area contributed by atoms with Crippen LogP contribution in [0.4, 0.5) is 0 Å². The number of halogens is 1. The minimum atomic E-state index is 0. The molecule has 0 spiro atoms. The maximum atomic E-state index is 11.9. The zero-order chi connectivity index (χ0) is 19.8. The average molecular weight is 508 g/mol. The van der Waals surface area contributed by atoms with Crippen LogP contribution in [0.3, 0.4) is 0 Å². The van der Waals surface area contributed by atoms with E-state index in [1.54, 1.807) is 19.0 Å². The lowest BCUT2D eigenvalue weighted by Crippen LogP contribution is -2.50. The molecule has 0 aromatic carbocycles. The Kier molecular flexibility index (Phi) is 11.7. The third-order valence-electron chi connectivity index (χ3n) is 6.24. The fraction of sp³-hybridized carbons (Fsp3) is 0.905. The number of likely N-dealkylation sites (N-methyl/N-ethyl adjacent to an activating group) is 1. The Morgan fingerprint density at radius 2 is 1.75 bits per heavy atom. The third kappa shape index (κ3) is 8.43. The van der Waals surface area contributed by atoms with Gasteiger partial charge in [0.15, 0.2) is 5.96 Å². The molecule has 164 valence electrons. The Morgan fingerprint density at radius 3 is 2.29 bits per heavy atom. The number of carbonyl (C=O) groups is 1. The molecule has 2 N–H and O–H groups in total. The Hall–Kier alpha value is -0.570. The summed E-state index contributed by atoms with van der Waals surface area (Å²) in [4.78, 5) is 20.7. The van der Waals surface area contributed by atoms with Gasteiger partial charge in [-0.2, -0.15) is 0 Å². The van der Waals surface area contributed by atoms with Crippen LogP contribution in [0.1, 0.15) is 65.7 Å². The minimum Gasteiger partial charge on any atom is -0.354 e. The number of amides is 1. The van der Waals surface area contributed by atoms with Gasteiger partial charge >= 0.3 is 0 Å². The topological polar surface area (TPSA) is 60.0 Å². The molecule has 7 heteroatoms. The Bertz CT molecular complexity index is 483. The van der Waals surface area contributed by atoms with Gasteiger partial charge in [-0.15, -0.1) is 24.0 Å². The van der Waals surface area contributed by atoms with E-state index in [0.717, 1.165) is 24.3 Å². The van der Waals surface area contributed by atoms with Crippen molar-refractivity contribution in [3.05, 3.63) is 0 Å². The van der Waals surface area contributed by atoms with Crippen molar-refractivity contribution in [1.82, 2.24) is 20.4 Å². The van der Waals surface area contributed by atoms with Gasteiger partial charge in [-0.25, -0.2) is 4.99 Å². The highest BCUT2D eigenvalue weighted by molar-refractivity contribution is 14.0. The third-order valence-corrected chi connectivity index (χ3v) is 6.24. The van der Waals surface area contributed by atoms with E-state index in [1.807, 2.05) is 0 Å². The van der Waals surface area contributed by atoms with Crippen LogP contribution in [0.2, 0.25) is 0 Å². The van der Waals surface area contributed by atoms with E-state index in [-0.39, 0.29) is 36.4 Å². The monoisotopic (exact) mass is 507 g/mol. The molecular weight excluding hydrogens is 465 g/mol. The predicted molar refractivity (Wildman–Crippen MR) is 128 cm³/mol. The van der Waals surface area contributed by atoms with E-state index in [9.17, 15) is 4.79 Å². The average Bonchev–Trinajstić information content (AvgIpc) is 2.66. The van der Waals surface area contributed by atoms with Crippen molar-refractivity contribution < 1.29 is 4.79 Å². The van der Waals surface area contributed by atoms with E-state index in [4.69, 9.17) is 0 Å². The Balaban J connectivity index is 0.00000392. The number of guanidine groups is 1. The first kappa shape index (κ1) is 25.5. The molecule has 2 rings (SSSR count). The maximum Gasteiger partial charge on any atom is 0.243 e. The van der Waals surface area contributed by atoms with Crippen LogP contribution in [0.25, 0.3) is 0 Å². The molecule has 1 unspecified atom stereocenters. The van der Waals surface area contributed by atoms with Gasteiger partial charge in [0.2, 0.25) is 5.91 Å². The van der Waals surface area contributed by atoms with Crippen LogP contribution in [-0.2, 0) is 4.79 Å². The molecule has 0 radical (unpaired) electrons. The number of piperidine rings is 1. The second-order valence-electron chi connectivity index (χ2n) is 8.77. The Labute approximate surface area is 189 Å². The van der Waals surface area contributed by atoms with Gasteiger partial charge in [0.1, 0.15) is 6.54 Å². The molecular formula is C21H42IN5O. The first-order valence-corrected chi connectivity index (χ1v) is 10.9. The first-order valence-electron chi connectivity index (χ1n) is 10.9. The Morgan fingerprint density at radius 1 is 1.14 bits per heavy atom. The highest BCUT2D eigenvalue weighted by Crippen LogP contribution is 2.27. The van der Waals surface area contributed by atoms with Crippen molar-refractivity contribution in [3.8, 4) is 0 Å². The number of carbonyl (C=O) groups excluding carboxylic acids is 1. The fourth-order valence-corrected chi connectivity index (χ4v) is 3.93. The number of aliphatic imine (C=N–C) groups is 1. The largest absolute Gasteiger partial charge is 0.354 e. The van der Waals surface area contributed by atoms with Crippen LogP contribution in [0.15, 0.2) is 4.99 Å². The standard InChI is InChI=1S/C21H41N5O.HI/c1-6-17(3)23-21(22-15-20(27)25(4)5)24-18-7-9-19(10-8-18)26-13-11-16(2)12-14-26;/h16-19H,6-15H2,1-5H3,(H2,22,23,24);1H. The van der Waals surface area contributed by atoms with Gasteiger partial charge in [0.05, 0.1) is 0 Å². The molecule has 6 nitrogen and oxygen atoms in total. The second kappa shape index (κ2) is 12.9. The van der Waals surface area contributed by atoms with Gasteiger partial charge in [0.25, 0.3) is 0 Å². The zero-order valence-electron chi connectivity index (χ0n) is 18.5. The summed E-state index contributed by atoms with van der Waals surface area (Å²) >= 11 is 0. The van der Waals surface area contributed by atoms with E-state index >= 15 is 0 Å². The van der Waals surface area contributed by atoms with Crippen molar-refractivity contribution in [2.75, 3.05) is 33.7 Å². The quantitative estimate of drug-likeness (QED) is 0.330. The lowest BCUT2D eigenvalue weighted by molar-refractivity contribution is -0.127. The van der Waals surface area contributed by atoms with Crippen LogP contribution in [0, 0.1) is 5.92 Å². The summed E-state index contributed by atoms with van der Waals surface area (Å²) in [6.07, 6.45) is 8.63. The van der Waals surface area contributed by atoms with E-state index < -0.39 is 0 Å². The van der Waals surface area contributed by atoms with Crippen LogP contribution in [0.5, 0.6) is 0 Å². The number of hydrogen-bond acceptors (Lipinski definition) is 3. The van der Waals surface area contributed by atoms with Gasteiger partial charge in [-0.05, 0) is 70.9 Å². The summed E-state index contributed by atoms with van der Waals surface area (Å²) in [5.41, 5.74) is 0. The highest BCUT2D eigenvalue weighted by Gasteiger charge is 2.28. The molecule has 1 aliphatic heterocycles. The van der Waals surface area contributed by atoms with E-state index in [2.05, 4.69) is 41.3 Å². The van der Waals surface area contributed by atoms with Crippen molar-refractivity contribution in [1.29, 1.82) is 0 Å². The smallest absolute Gasteiger partial charge is 0.243 e. The summed E-state index contributed by atoms with van der Waals surface area (Å²) in [5, 5.41) is 7.04. The summed E-state index contributed by atoms with van der Waals surface area (Å²) in [6, 6.07) is 1.56. The SMILES string of the molecule is CCC(C)NC(=NCC(=O)N(C)C)NC1CCC(N2CCC(C)CC2)CC1.I. The molecule has 1 amide bonds. The highest BCUT2D eigenvalue weighted by atomic mass is 127. The van der Waals surface area contributed by atoms with Crippen LogP contribution in [-0.4, -0.2) is 73.5 Å². The fourth-order valence-electron chi connectivity index (χ4n) is 3.93. The maximum absolute atomic E-state index is 11.9. The normalized spacial score (nSPS) is 25.5. The molecule has 1 saturated carbocycles. The summed E-state index contributed by atoms with van der Waals surface area (Å²) in [5.74, 6) is 1.72. The summed E-state index contributed by atoms with van der Waals surface area (Å²) < 4.78 is 0. The van der Waals surface area contributed by atoms with Crippen LogP contribution >= 0.6 is 24.0 Å². The number of likely N-dealkylation sites (tertiary alicyclic amines) is 1. The molecule has 1 atom stereocenters. The molecule has 28 heavy (non-hydrogen) atoms. The molecule has 1 heterocycles. The first-order chi connectivity index (χ1) is 12.9. The van der Waals surface area contributed by atoms with Gasteiger partial charge < -0.3 is 20.4 Å². The number of hydrogen-bond donors (Lipinski definition) is 2. The van der Waals surface area contributed by atoms with E-state index in [1.165, 1.54) is 51.6 Å². The summed E-state index contributed by atoms with van der Waals surface area (Å²) in [7, 11) is 3.55. The molecule has 0 aromatic heterocycles. The van der Waals surface area contributed by atoms with Crippen molar-refractivity contribution in [2.45, 2.75) is 83.8 Å². The molecule has 1 aliphatic carbocycles. The number of nitrogens with zero attached hydrogens (tertiary/aromatic N) is 3. The second-order valence-corrected chi connectivity index (χ2v) is 8.77.